The summed E-state index contributed by atoms with van der Waals surface area (Å²) in [6.07, 6.45) is 59.5. The molecule has 6 heteroatoms. The van der Waals surface area contributed by atoms with Gasteiger partial charge in [0.05, 0.1) is 0 Å². The lowest BCUT2D eigenvalue weighted by Gasteiger charge is -2.18. The first-order valence-corrected chi connectivity index (χ1v) is 30.8. The van der Waals surface area contributed by atoms with Crippen LogP contribution in [0.3, 0.4) is 0 Å². The molecule has 0 aromatic heterocycles. The molecule has 6 nitrogen and oxygen atoms in total. The van der Waals surface area contributed by atoms with Crippen LogP contribution < -0.4 is 0 Å². The van der Waals surface area contributed by atoms with Crippen molar-refractivity contribution in [3.8, 4) is 0 Å². The predicted octanol–water partition coefficient (Wildman–Crippen LogP) is 20.4. The van der Waals surface area contributed by atoms with Gasteiger partial charge in [-0.1, -0.05) is 311 Å². The Morgan fingerprint density at radius 3 is 0.838 bits per heavy atom. The second-order valence-corrected chi connectivity index (χ2v) is 22.1. The normalized spacial score (nSPS) is 12.4. The second-order valence-electron chi connectivity index (χ2n) is 22.1. The summed E-state index contributed by atoms with van der Waals surface area (Å²) >= 11 is 0. The molecular weight excluding hydrogens is 841 g/mol. The van der Waals surface area contributed by atoms with Crippen molar-refractivity contribution in [3.05, 3.63) is 0 Å². The molecule has 0 aromatic rings. The summed E-state index contributed by atoms with van der Waals surface area (Å²) in [4.78, 5) is 38.2. The average molecular weight is 962 g/mol. The fourth-order valence-electron chi connectivity index (χ4n) is 9.55. The van der Waals surface area contributed by atoms with Crippen molar-refractivity contribution >= 4 is 17.9 Å². The van der Waals surface area contributed by atoms with Gasteiger partial charge in [-0.3, -0.25) is 14.4 Å². The summed E-state index contributed by atoms with van der Waals surface area (Å²) in [6, 6.07) is 0. The van der Waals surface area contributed by atoms with E-state index in [1.54, 1.807) is 0 Å². The Kier molecular flexibility index (Phi) is 53.5. The lowest BCUT2D eigenvalue weighted by atomic mass is 9.99. The van der Waals surface area contributed by atoms with Crippen LogP contribution in [0.5, 0.6) is 0 Å². The van der Waals surface area contributed by atoms with Crippen molar-refractivity contribution in [2.75, 3.05) is 13.2 Å². The number of rotatable bonds is 56. The molecule has 0 aliphatic carbocycles. The Labute approximate surface area is 425 Å². The molecule has 0 radical (unpaired) electrons. The van der Waals surface area contributed by atoms with Crippen LogP contribution in [0.15, 0.2) is 0 Å². The quantitative estimate of drug-likeness (QED) is 0.0343. The second kappa shape index (κ2) is 54.7. The zero-order chi connectivity index (χ0) is 49.6. The maximum Gasteiger partial charge on any atom is 0.306 e. The number of carbonyl (C=O) groups is 3. The van der Waals surface area contributed by atoms with Crippen LogP contribution in [0.1, 0.15) is 349 Å². The van der Waals surface area contributed by atoms with Crippen LogP contribution >= 0.6 is 0 Å². The highest BCUT2D eigenvalue weighted by atomic mass is 16.6. The van der Waals surface area contributed by atoms with E-state index >= 15 is 0 Å². The van der Waals surface area contributed by atoms with Crippen molar-refractivity contribution in [3.63, 3.8) is 0 Å². The first kappa shape index (κ1) is 66.4. The minimum Gasteiger partial charge on any atom is -0.462 e. The Hall–Kier alpha value is -1.59. The number of unbranched alkanes of at least 4 members (excludes halogenated alkanes) is 40. The summed E-state index contributed by atoms with van der Waals surface area (Å²) in [7, 11) is 0. The van der Waals surface area contributed by atoms with E-state index in [0.29, 0.717) is 19.3 Å². The van der Waals surface area contributed by atoms with Crippen molar-refractivity contribution in [1.82, 2.24) is 0 Å². The van der Waals surface area contributed by atoms with E-state index in [-0.39, 0.29) is 31.1 Å². The molecule has 0 heterocycles. The van der Waals surface area contributed by atoms with E-state index in [9.17, 15) is 14.4 Å². The molecule has 0 N–H and O–H groups in total. The van der Waals surface area contributed by atoms with Crippen LogP contribution in [0, 0.1) is 11.8 Å². The van der Waals surface area contributed by atoms with Gasteiger partial charge < -0.3 is 14.2 Å². The lowest BCUT2D eigenvalue weighted by molar-refractivity contribution is -0.167. The van der Waals surface area contributed by atoms with Crippen LogP contribution in [0.4, 0.5) is 0 Å². The Morgan fingerprint density at radius 2 is 0.559 bits per heavy atom. The molecular formula is C62H120O6. The van der Waals surface area contributed by atoms with Crippen LogP contribution in [0.25, 0.3) is 0 Å². The molecule has 0 saturated heterocycles. The zero-order valence-electron chi connectivity index (χ0n) is 46.7. The highest BCUT2D eigenvalue weighted by Crippen LogP contribution is 2.19. The predicted molar refractivity (Wildman–Crippen MR) is 293 cm³/mol. The van der Waals surface area contributed by atoms with E-state index in [1.165, 1.54) is 238 Å². The number of ether oxygens (including phenoxy) is 3. The topological polar surface area (TPSA) is 78.9 Å². The largest absolute Gasteiger partial charge is 0.462 e. The van der Waals surface area contributed by atoms with Crippen molar-refractivity contribution in [2.24, 2.45) is 11.8 Å². The molecule has 2 atom stereocenters. The third-order valence-electron chi connectivity index (χ3n) is 14.6. The van der Waals surface area contributed by atoms with E-state index in [0.717, 1.165) is 69.6 Å². The van der Waals surface area contributed by atoms with Crippen LogP contribution in [-0.2, 0) is 28.6 Å². The monoisotopic (exact) mass is 961 g/mol. The van der Waals surface area contributed by atoms with Gasteiger partial charge in [-0.05, 0) is 31.1 Å². The summed E-state index contributed by atoms with van der Waals surface area (Å²) < 4.78 is 16.9. The number of hydrogen-bond donors (Lipinski definition) is 0. The Morgan fingerprint density at radius 1 is 0.309 bits per heavy atom. The highest BCUT2D eigenvalue weighted by molar-refractivity contribution is 5.71. The molecule has 0 aromatic carbocycles. The minimum absolute atomic E-state index is 0.0624. The van der Waals surface area contributed by atoms with Crippen molar-refractivity contribution in [2.45, 2.75) is 355 Å². The van der Waals surface area contributed by atoms with Crippen molar-refractivity contribution < 1.29 is 28.6 Å². The molecule has 0 spiro atoms. The molecule has 0 fully saturated rings. The summed E-state index contributed by atoms with van der Waals surface area (Å²) in [5.41, 5.74) is 0. The van der Waals surface area contributed by atoms with Gasteiger partial charge in [0, 0.05) is 19.3 Å². The minimum atomic E-state index is -0.763. The smallest absolute Gasteiger partial charge is 0.306 e. The standard InChI is InChI=1S/C62H120O6/c1-6-8-9-10-11-12-13-14-15-16-17-18-22-27-32-37-42-47-52-60(63)66-55-59(68-62(65)54-49-44-39-34-29-24-25-30-35-40-45-50-57(3)4)56-67-61(64)53-48-43-38-33-28-23-20-19-21-26-31-36-41-46-51-58(5)7-2/h57-59H,6-56H2,1-5H3/t58?,59-/m0/s1. The fourth-order valence-corrected chi connectivity index (χ4v) is 9.55. The molecule has 68 heavy (non-hydrogen) atoms. The highest BCUT2D eigenvalue weighted by Gasteiger charge is 2.19. The lowest BCUT2D eigenvalue weighted by Crippen LogP contribution is -2.30. The Bertz CT molecular complexity index is 1040. The Balaban J connectivity index is 4.28. The fraction of sp³-hybridized carbons (Fsp3) is 0.952. The first-order valence-electron chi connectivity index (χ1n) is 30.8. The van der Waals surface area contributed by atoms with E-state index in [2.05, 4.69) is 34.6 Å². The summed E-state index contributed by atoms with van der Waals surface area (Å²) in [5.74, 6) is 0.885. The third-order valence-corrected chi connectivity index (χ3v) is 14.6. The molecule has 404 valence electrons. The molecule has 0 amide bonds. The summed E-state index contributed by atoms with van der Waals surface area (Å²) in [5, 5.41) is 0. The first-order chi connectivity index (χ1) is 33.3. The van der Waals surface area contributed by atoms with Gasteiger partial charge in [0.15, 0.2) is 6.10 Å². The van der Waals surface area contributed by atoms with Crippen LogP contribution in [-0.4, -0.2) is 37.2 Å². The number of esters is 3. The van der Waals surface area contributed by atoms with Crippen LogP contribution in [0.2, 0.25) is 0 Å². The SMILES string of the molecule is CCCCCCCCCCCCCCCCCCCCC(=O)OC[C@@H](COC(=O)CCCCCCCCCCCCCCCCC(C)CC)OC(=O)CCCCCCCCCCCCCC(C)C. The third kappa shape index (κ3) is 53.8. The van der Waals surface area contributed by atoms with Gasteiger partial charge in [0.2, 0.25) is 0 Å². The average Bonchev–Trinajstić information content (AvgIpc) is 3.32. The molecule has 0 bridgehead atoms. The van der Waals surface area contributed by atoms with E-state index in [1.807, 2.05) is 0 Å². The van der Waals surface area contributed by atoms with E-state index < -0.39 is 6.10 Å². The van der Waals surface area contributed by atoms with E-state index in [4.69, 9.17) is 14.2 Å². The van der Waals surface area contributed by atoms with Gasteiger partial charge >= 0.3 is 17.9 Å². The van der Waals surface area contributed by atoms with Crippen molar-refractivity contribution in [1.29, 1.82) is 0 Å². The van der Waals surface area contributed by atoms with Gasteiger partial charge in [-0.15, -0.1) is 0 Å². The molecule has 0 rings (SSSR count). The molecule has 1 unspecified atom stereocenters. The maximum atomic E-state index is 12.9. The number of carbonyl (C=O) groups excluding carboxylic acids is 3. The van der Waals surface area contributed by atoms with Gasteiger partial charge in [-0.2, -0.15) is 0 Å². The van der Waals surface area contributed by atoms with Gasteiger partial charge in [0.1, 0.15) is 13.2 Å². The molecule has 0 aliphatic rings. The van der Waals surface area contributed by atoms with Gasteiger partial charge in [-0.25, -0.2) is 0 Å². The number of hydrogen-bond acceptors (Lipinski definition) is 6. The maximum absolute atomic E-state index is 12.9. The summed E-state index contributed by atoms with van der Waals surface area (Å²) in [6.45, 7) is 11.5. The van der Waals surface area contributed by atoms with Gasteiger partial charge in [0.25, 0.3) is 0 Å². The molecule has 0 aliphatic heterocycles. The zero-order valence-corrected chi connectivity index (χ0v) is 46.7. The molecule has 0 saturated carbocycles.